The fraction of sp³-hybridized carbons (Fsp3) is 0.444. The van der Waals surface area contributed by atoms with E-state index in [-0.39, 0.29) is 73.0 Å². The molecule has 0 saturated heterocycles. The summed E-state index contributed by atoms with van der Waals surface area (Å²) in [5.41, 5.74) is 9.59. The van der Waals surface area contributed by atoms with E-state index in [0.717, 1.165) is 22.1 Å². The highest BCUT2D eigenvalue weighted by Crippen LogP contribution is 2.47. The summed E-state index contributed by atoms with van der Waals surface area (Å²) in [7, 11) is 0. The summed E-state index contributed by atoms with van der Waals surface area (Å²) in [4.78, 5) is 30.9. The largest absolute Gasteiger partial charge is 0.458 e. The number of aryl methyl sites for hydroxylation is 1. The van der Waals surface area contributed by atoms with Crippen LogP contribution < -0.4 is 11.3 Å². The number of aliphatic hydroxyl groups excluding tert-OH is 1. The molecule has 0 bridgehead atoms. The van der Waals surface area contributed by atoms with Crippen molar-refractivity contribution in [2.24, 2.45) is 5.73 Å². The number of nitrogens with two attached hydrogens (primary N) is 1. The number of ether oxygens (including phenoxy) is 1. The molecule has 3 atom stereocenters. The standard InChI is InChI=1S/C27H28FN3O5.ClH/c1-3-27(35)17-8-21-24-15(10-31(21)25(33)16(17)11-36-26(27)34)22-14(19(29)6-7-32)5-4-13-12(2)18(28)9-20(30-24)23(13)22;/h8-9,14,19,32,35H,3-7,10-11,29H2,1-2H3;1H/t14-,19+,27+;/m1./s1. The zero-order valence-electron chi connectivity index (χ0n) is 20.6. The fourth-order valence-electron chi connectivity index (χ4n) is 6.37. The Morgan fingerprint density at radius 3 is 2.76 bits per heavy atom. The van der Waals surface area contributed by atoms with Gasteiger partial charge in [0, 0.05) is 41.1 Å². The molecule has 2 aromatic heterocycles. The Kier molecular flexibility index (Phi) is 6.18. The number of pyridine rings is 2. The van der Waals surface area contributed by atoms with Crippen molar-refractivity contribution in [3.8, 4) is 11.4 Å². The number of carbonyl (C=O) groups excluding carboxylic acids is 1. The minimum atomic E-state index is -1.92. The van der Waals surface area contributed by atoms with Gasteiger partial charge in [0.2, 0.25) is 0 Å². The number of halogens is 2. The molecule has 0 saturated carbocycles. The monoisotopic (exact) mass is 529 g/mol. The smallest absolute Gasteiger partial charge is 0.343 e. The molecule has 0 spiro atoms. The van der Waals surface area contributed by atoms with Gasteiger partial charge in [-0.3, -0.25) is 4.79 Å². The second-order valence-electron chi connectivity index (χ2n) is 10.1. The van der Waals surface area contributed by atoms with Gasteiger partial charge in [0.05, 0.1) is 29.0 Å². The highest BCUT2D eigenvalue weighted by Gasteiger charge is 2.46. The van der Waals surface area contributed by atoms with Crippen LogP contribution in [-0.2, 0) is 34.7 Å². The van der Waals surface area contributed by atoms with Crippen molar-refractivity contribution in [2.75, 3.05) is 6.61 Å². The molecule has 0 radical (unpaired) electrons. The average molecular weight is 530 g/mol. The third kappa shape index (κ3) is 3.41. The third-order valence-electron chi connectivity index (χ3n) is 8.40. The number of carbonyl (C=O) groups is 1. The minimum absolute atomic E-state index is 0. The number of esters is 1. The molecule has 6 rings (SSSR count). The Labute approximate surface area is 218 Å². The van der Waals surface area contributed by atoms with Gasteiger partial charge in [0.1, 0.15) is 12.4 Å². The van der Waals surface area contributed by atoms with Crippen LogP contribution in [0, 0.1) is 12.7 Å². The van der Waals surface area contributed by atoms with Crippen LogP contribution in [0.1, 0.15) is 65.5 Å². The fourth-order valence-corrected chi connectivity index (χ4v) is 6.37. The van der Waals surface area contributed by atoms with Crippen LogP contribution in [0.4, 0.5) is 4.39 Å². The van der Waals surface area contributed by atoms with Crippen LogP contribution in [-0.4, -0.2) is 38.4 Å². The SMILES string of the molecule is CC[C@@]1(O)C(=O)OCc2c1cc1n(c2=O)Cc2c-1nc1cc(F)c(C)c3c1c2[C@@H]([C@@H](N)CCO)CC3.Cl. The number of hydrogen-bond acceptors (Lipinski definition) is 7. The second kappa shape index (κ2) is 8.87. The van der Waals surface area contributed by atoms with Gasteiger partial charge in [-0.1, -0.05) is 6.92 Å². The Morgan fingerprint density at radius 2 is 2.05 bits per heavy atom. The molecule has 196 valence electrons. The van der Waals surface area contributed by atoms with Gasteiger partial charge in [-0.2, -0.15) is 0 Å². The van der Waals surface area contributed by atoms with Crippen molar-refractivity contribution in [1.29, 1.82) is 0 Å². The normalized spacial score (nSPS) is 22.1. The molecule has 1 aromatic carbocycles. The zero-order chi connectivity index (χ0) is 25.5. The second-order valence-corrected chi connectivity index (χ2v) is 10.1. The summed E-state index contributed by atoms with van der Waals surface area (Å²) in [6, 6.07) is 2.78. The van der Waals surface area contributed by atoms with Gasteiger partial charge in [-0.25, -0.2) is 14.2 Å². The minimum Gasteiger partial charge on any atom is -0.458 e. The van der Waals surface area contributed by atoms with E-state index in [1.165, 1.54) is 6.07 Å². The number of aromatic nitrogens is 2. The summed E-state index contributed by atoms with van der Waals surface area (Å²) < 4.78 is 21.7. The van der Waals surface area contributed by atoms with E-state index in [2.05, 4.69) is 0 Å². The van der Waals surface area contributed by atoms with Gasteiger partial charge in [-0.15, -0.1) is 12.4 Å². The van der Waals surface area contributed by atoms with Crippen LogP contribution in [0.25, 0.3) is 22.3 Å². The maximum absolute atomic E-state index is 14.9. The maximum atomic E-state index is 14.9. The predicted molar refractivity (Wildman–Crippen MR) is 137 cm³/mol. The lowest BCUT2D eigenvalue weighted by atomic mass is 9.74. The Bertz CT molecular complexity index is 1540. The Hall–Kier alpha value is -2.85. The molecule has 0 amide bonds. The Morgan fingerprint density at radius 1 is 1.30 bits per heavy atom. The van der Waals surface area contributed by atoms with Crippen LogP contribution in [0.15, 0.2) is 16.9 Å². The molecule has 3 aliphatic rings. The van der Waals surface area contributed by atoms with Gasteiger partial charge in [0.15, 0.2) is 5.60 Å². The van der Waals surface area contributed by atoms with E-state index in [1.807, 2.05) is 0 Å². The van der Waals surface area contributed by atoms with E-state index in [4.69, 9.17) is 15.5 Å². The number of nitrogens with zero attached hydrogens (tertiary/aromatic N) is 2. The number of fused-ring (bicyclic) bond motifs is 5. The molecule has 10 heteroatoms. The van der Waals surface area contributed by atoms with Gasteiger partial charge in [-0.05, 0) is 55.4 Å². The molecule has 0 unspecified atom stereocenters. The van der Waals surface area contributed by atoms with Crippen LogP contribution >= 0.6 is 12.4 Å². The number of aliphatic hydroxyl groups is 2. The number of hydrogen-bond donors (Lipinski definition) is 3. The molecule has 1 aliphatic carbocycles. The van der Waals surface area contributed by atoms with E-state index in [9.17, 15) is 24.2 Å². The van der Waals surface area contributed by atoms with Crippen LogP contribution in [0.3, 0.4) is 0 Å². The van der Waals surface area contributed by atoms with Crippen molar-refractivity contribution in [2.45, 2.75) is 70.2 Å². The first-order valence-corrected chi connectivity index (χ1v) is 12.4. The van der Waals surface area contributed by atoms with E-state index < -0.39 is 11.6 Å². The average Bonchev–Trinajstić information content (AvgIpc) is 3.24. The number of benzene rings is 1. The topological polar surface area (TPSA) is 128 Å². The lowest BCUT2D eigenvalue weighted by Crippen LogP contribution is -2.44. The highest BCUT2D eigenvalue weighted by molar-refractivity contribution is 5.93. The summed E-state index contributed by atoms with van der Waals surface area (Å²) in [5.74, 6) is -1.21. The summed E-state index contributed by atoms with van der Waals surface area (Å²) >= 11 is 0. The zero-order valence-corrected chi connectivity index (χ0v) is 21.5. The molecular weight excluding hydrogens is 501 g/mol. The summed E-state index contributed by atoms with van der Waals surface area (Å²) in [6.07, 6.45) is 1.82. The van der Waals surface area contributed by atoms with Crippen molar-refractivity contribution < 1.29 is 24.1 Å². The first kappa shape index (κ1) is 25.8. The quantitative estimate of drug-likeness (QED) is 0.347. The molecular formula is C27H29ClFN3O5. The molecule has 8 nitrogen and oxygen atoms in total. The van der Waals surface area contributed by atoms with Crippen molar-refractivity contribution >= 4 is 29.3 Å². The number of cyclic esters (lactones) is 1. The van der Waals surface area contributed by atoms with E-state index >= 15 is 0 Å². The van der Waals surface area contributed by atoms with Gasteiger partial charge >= 0.3 is 5.97 Å². The lowest BCUT2D eigenvalue weighted by Gasteiger charge is -2.32. The molecule has 4 heterocycles. The van der Waals surface area contributed by atoms with E-state index in [0.29, 0.717) is 41.7 Å². The Balaban J connectivity index is 0.00000280. The molecule has 3 aromatic rings. The first-order chi connectivity index (χ1) is 17.2. The van der Waals surface area contributed by atoms with Crippen molar-refractivity contribution in [1.82, 2.24) is 9.55 Å². The maximum Gasteiger partial charge on any atom is 0.343 e. The summed E-state index contributed by atoms with van der Waals surface area (Å²) in [5, 5.41) is 21.6. The highest BCUT2D eigenvalue weighted by atomic mass is 35.5. The van der Waals surface area contributed by atoms with E-state index in [1.54, 1.807) is 24.5 Å². The van der Waals surface area contributed by atoms with Gasteiger partial charge in [0.25, 0.3) is 5.56 Å². The summed E-state index contributed by atoms with van der Waals surface area (Å²) in [6.45, 7) is 3.44. The molecule has 4 N–H and O–H groups in total. The number of rotatable bonds is 4. The molecule has 2 aliphatic heterocycles. The van der Waals surface area contributed by atoms with Crippen LogP contribution in [0.5, 0.6) is 0 Å². The predicted octanol–water partition coefficient (Wildman–Crippen LogP) is 2.69. The molecule has 37 heavy (non-hydrogen) atoms. The van der Waals surface area contributed by atoms with Gasteiger partial charge < -0.3 is 25.3 Å². The lowest BCUT2D eigenvalue weighted by molar-refractivity contribution is -0.172. The van der Waals surface area contributed by atoms with Crippen LogP contribution in [0.2, 0.25) is 0 Å². The molecule has 0 fully saturated rings. The van der Waals surface area contributed by atoms with Crippen molar-refractivity contribution in [3.05, 3.63) is 61.7 Å². The van der Waals surface area contributed by atoms with Crippen molar-refractivity contribution in [3.63, 3.8) is 0 Å². The third-order valence-corrected chi connectivity index (χ3v) is 8.40. The first-order valence-electron chi connectivity index (χ1n) is 12.4.